The van der Waals surface area contributed by atoms with E-state index in [-0.39, 0.29) is 5.78 Å². The van der Waals surface area contributed by atoms with E-state index in [4.69, 9.17) is 17.3 Å². The van der Waals surface area contributed by atoms with Gasteiger partial charge in [-0.2, -0.15) is 0 Å². The van der Waals surface area contributed by atoms with Gasteiger partial charge in [0.1, 0.15) is 0 Å². The first-order chi connectivity index (χ1) is 8.49. The number of hydrogen-bond donors (Lipinski definition) is 1. The molecule has 0 bridgehead atoms. The zero-order chi connectivity index (χ0) is 13.3. The maximum absolute atomic E-state index is 12.3. The molecule has 92 valence electrons. The zero-order valence-electron chi connectivity index (χ0n) is 9.71. The number of nitrogen functional groups attached to an aromatic ring is 1. The first-order valence-electron chi connectivity index (χ1n) is 5.35. The molecule has 0 fully saturated rings. The van der Waals surface area contributed by atoms with E-state index in [2.05, 4.69) is 15.9 Å². The fraction of sp³-hybridized carbons (Fsp3) is 0.0714. The van der Waals surface area contributed by atoms with Crippen LogP contribution in [0.5, 0.6) is 0 Å². The van der Waals surface area contributed by atoms with Gasteiger partial charge in [0, 0.05) is 26.3 Å². The molecule has 0 atom stereocenters. The summed E-state index contributed by atoms with van der Waals surface area (Å²) >= 11 is 9.33. The van der Waals surface area contributed by atoms with Crippen molar-refractivity contribution >= 4 is 39.0 Å². The molecule has 0 amide bonds. The quantitative estimate of drug-likeness (QED) is 0.664. The van der Waals surface area contributed by atoms with Crippen molar-refractivity contribution in [3.8, 4) is 0 Å². The Morgan fingerprint density at radius 2 is 1.94 bits per heavy atom. The summed E-state index contributed by atoms with van der Waals surface area (Å²) in [7, 11) is 0. The van der Waals surface area contributed by atoms with Gasteiger partial charge in [-0.3, -0.25) is 4.79 Å². The van der Waals surface area contributed by atoms with Gasteiger partial charge in [0.25, 0.3) is 0 Å². The third kappa shape index (κ3) is 2.57. The molecule has 0 aliphatic heterocycles. The van der Waals surface area contributed by atoms with E-state index in [1.165, 1.54) is 0 Å². The van der Waals surface area contributed by atoms with Crippen LogP contribution < -0.4 is 5.73 Å². The van der Waals surface area contributed by atoms with E-state index in [0.29, 0.717) is 21.8 Å². The number of anilines is 1. The Bertz CT molecular complexity index is 625. The molecule has 2 nitrogen and oxygen atoms in total. The minimum absolute atomic E-state index is 0.123. The first kappa shape index (κ1) is 13.1. The predicted molar refractivity (Wildman–Crippen MR) is 78.2 cm³/mol. The molecule has 18 heavy (non-hydrogen) atoms. The van der Waals surface area contributed by atoms with Crippen LogP contribution >= 0.6 is 27.5 Å². The number of halogens is 2. The van der Waals surface area contributed by atoms with Crippen molar-refractivity contribution in [2.45, 2.75) is 6.92 Å². The Balaban J connectivity index is 2.44. The molecule has 0 aliphatic rings. The minimum atomic E-state index is -0.123. The Morgan fingerprint density at radius 3 is 2.56 bits per heavy atom. The normalized spacial score (nSPS) is 10.4. The van der Waals surface area contributed by atoms with Gasteiger partial charge >= 0.3 is 0 Å². The van der Waals surface area contributed by atoms with Crippen molar-refractivity contribution in [1.82, 2.24) is 0 Å². The lowest BCUT2D eigenvalue weighted by molar-refractivity contribution is 0.103. The zero-order valence-corrected chi connectivity index (χ0v) is 12.0. The Hall–Kier alpha value is -1.32. The Kier molecular flexibility index (Phi) is 3.73. The second kappa shape index (κ2) is 5.12. The molecule has 4 heteroatoms. The van der Waals surface area contributed by atoms with E-state index in [1.54, 1.807) is 30.3 Å². The summed E-state index contributed by atoms with van der Waals surface area (Å²) in [6.45, 7) is 1.89. The number of nitrogens with two attached hydrogens (primary N) is 1. The smallest absolute Gasteiger partial charge is 0.195 e. The lowest BCUT2D eigenvalue weighted by atomic mass is 10.0. The molecule has 2 aromatic carbocycles. The molecular formula is C14H11BrClNO. The molecular weight excluding hydrogens is 314 g/mol. The number of hydrogen-bond acceptors (Lipinski definition) is 2. The standard InChI is InChI=1S/C14H11BrClNO/c1-8-2-3-9(6-12(8)16)14(18)11-5-4-10(15)7-13(11)17/h2-7H,17H2,1H3. The summed E-state index contributed by atoms with van der Waals surface area (Å²) in [5, 5.41) is 0.580. The van der Waals surface area contributed by atoms with E-state index >= 15 is 0 Å². The van der Waals surface area contributed by atoms with Gasteiger partial charge in [-0.1, -0.05) is 39.7 Å². The van der Waals surface area contributed by atoms with Crippen LogP contribution in [0.4, 0.5) is 5.69 Å². The molecule has 2 aromatic rings. The summed E-state index contributed by atoms with van der Waals surface area (Å²) in [6.07, 6.45) is 0. The second-order valence-corrected chi connectivity index (χ2v) is 5.35. The van der Waals surface area contributed by atoms with Crippen molar-refractivity contribution in [3.63, 3.8) is 0 Å². The van der Waals surface area contributed by atoms with Crippen molar-refractivity contribution in [2.75, 3.05) is 5.73 Å². The van der Waals surface area contributed by atoms with Crippen molar-refractivity contribution in [2.24, 2.45) is 0 Å². The van der Waals surface area contributed by atoms with Crippen molar-refractivity contribution < 1.29 is 4.79 Å². The van der Waals surface area contributed by atoms with Crippen LogP contribution in [0.3, 0.4) is 0 Å². The van der Waals surface area contributed by atoms with E-state index in [0.717, 1.165) is 10.0 Å². The fourth-order valence-corrected chi connectivity index (χ4v) is 2.19. The van der Waals surface area contributed by atoms with Gasteiger partial charge in [-0.25, -0.2) is 0 Å². The van der Waals surface area contributed by atoms with Gasteiger partial charge < -0.3 is 5.73 Å². The molecule has 0 spiro atoms. The Morgan fingerprint density at radius 1 is 1.22 bits per heavy atom. The van der Waals surface area contributed by atoms with Gasteiger partial charge in [0.2, 0.25) is 0 Å². The lowest BCUT2D eigenvalue weighted by Gasteiger charge is -2.06. The monoisotopic (exact) mass is 323 g/mol. The third-order valence-electron chi connectivity index (χ3n) is 2.69. The minimum Gasteiger partial charge on any atom is -0.398 e. The highest BCUT2D eigenvalue weighted by atomic mass is 79.9. The van der Waals surface area contributed by atoms with E-state index in [1.807, 2.05) is 13.0 Å². The maximum atomic E-state index is 12.3. The maximum Gasteiger partial charge on any atom is 0.195 e. The number of carbonyl (C=O) groups is 1. The number of aryl methyl sites for hydroxylation is 1. The summed E-state index contributed by atoms with van der Waals surface area (Å²) in [4.78, 5) is 12.3. The molecule has 2 rings (SSSR count). The highest BCUT2D eigenvalue weighted by molar-refractivity contribution is 9.10. The molecule has 2 N–H and O–H groups in total. The average Bonchev–Trinajstić information content (AvgIpc) is 2.32. The van der Waals surface area contributed by atoms with Crippen LogP contribution in [0.25, 0.3) is 0 Å². The fourth-order valence-electron chi connectivity index (χ4n) is 1.63. The summed E-state index contributed by atoms with van der Waals surface area (Å²) in [5.74, 6) is -0.123. The number of benzene rings is 2. The van der Waals surface area contributed by atoms with Gasteiger partial charge in [-0.15, -0.1) is 0 Å². The van der Waals surface area contributed by atoms with Crippen LogP contribution in [0, 0.1) is 6.92 Å². The predicted octanol–water partition coefficient (Wildman–Crippen LogP) is 4.22. The van der Waals surface area contributed by atoms with E-state index < -0.39 is 0 Å². The molecule has 0 saturated carbocycles. The third-order valence-corrected chi connectivity index (χ3v) is 3.59. The van der Waals surface area contributed by atoms with Crippen LogP contribution in [-0.4, -0.2) is 5.78 Å². The van der Waals surface area contributed by atoms with E-state index in [9.17, 15) is 4.79 Å². The van der Waals surface area contributed by atoms with Gasteiger partial charge in [0.05, 0.1) is 0 Å². The molecule has 0 aromatic heterocycles. The summed E-state index contributed by atoms with van der Waals surface area (Å²) in [6, 6.07) is 10.5. The van der Waals surface area contributed by atoms with Crippen molar-refractivity contribution in [3.05, 3.63) is 62.6 Å². The number of ketones is 1. The highest BCUT2D eigenvalue weighted by Crippen LogP contribution is 2.23. The molecule has 0 heterocycles. The van der Waals surface area contributed by atoms with Crippen molar-refractivity contribution in [1.29, 1.82) is 0 Å². The number of carbonyl (C=O) groups excluding carboxylic acids is 1. The highest BCUT2D eigenvalue weighted by Gasteiger charge is 2.13. The van der Waals surface area contributed by atoms with Crippen LogP contribution in [0.2, 0.25) is 5.02 Å². The Labute approximate surface area is 119 Å². The number of rotatable bonds is 2. The molecule has 0 unspecified atom stereocenters. The first-order valence-corrected chi connectivity index (χ1v) is 6.52. The van der Waals surface area contributed by atoms with Crippen LogP contribution in [-0.2, 0) is 0 Å². The summed E-state index contributed by atoms with van der Waals surface area (Å²) in [5.41, 5.74) is 8.26. The van der Waals surface area contributed by atoms with Gasteiger partial charge in [0.15, 0.2) is 5.78 Å². The molecule has 0 aliphatic carbocycles. The lowest BCUT2D eigenvalue weighted by Crippen LogP contribution is -2.05. The van der Waals surface area contributed by atoms with Crippen LogP contribution in [0.1, 0.15) is 21.5 Å². The second-order valence-electron chi connectivity index (χ2n) is 4.02. The molecule has 0 radical (unpaired) electrons. The topological polar surface area (TPSA) is 43.1 Å². The average molecular weight is 325 g/mol. The molecule has 0 saturated heterocycles. The largest absolute Gasteiger partial charge is 0.398 e. The SMILES string of the molecule is Cc1ccc(C(=O)c2ccc(Br)cc2N)cc1Cl. The van der Waals surface area contributed by atoms with Gasteiger partial charge in [-0.05, 0) is 36.8 Å². The van der Waals surface area contributed by atoms with Crippen LogP contribution in [0.15, 0.2) is 40.9 Å². The summed E-state index contributed by atoms with van der Waals surface area (Å²) < 4.78 is 0.846.